The molecule has 3 aromatic carbocycles. The van der Waals surface area contributed by atoms with Gasteiger partial charge in [-0.2, -0.15) is 0 Å². The zero-order chi connectivity index (χ0) is 24.9. The lowest BCUT2D eigenvalue weighted by molar-refractivity contribution is 0.0917. The van der Waals surface area contributed by atoms with E-state index in [4.69, 9.17) is 11.6 Å². The Morgan fingerprint density at radius 2 is 1.44 bits per heavy atom. The lowest BCUT2D eigenvalue weighted by Crippen LogP contribution is -2.39. The van der Waals surface area contributed by atoms with E-state index in [-0.39, 0.29) is 24.1 Å². The number of hydrogen-bond acceptors (Lipinski definition) is 2. The molecule has 1 saturated carbocycles. The predicted molar refractivity (Wildman–Crippen MR) is 146 cm³/mol. The number of rotatable bonds is 6. The highest BCUT2D eigenvalue weighted by molar-refractivity contribution is 6.30. The SMILES string of the molecule is O=C(NC1CCCCC1)c1cc(-c2ccccc2)c(-c2ccccc2)c(=O)n1Cc1ccc(Cl)cc1. The van der Waals surface area contributed by atoms with Crippen LogP contribution in [0.5, 0.6) is 0 Å². The smallest absolute Gasteiger partial charge is 0.268 e. The van der Waals surface area contributed by atoms with Crippen molar-refractivity contribution in [2.24, 2.45) is 0 Å². The summed E-state index contributed by atoms with van der Waals surface area (Å²) >= 11 is 6.10. The molecule has 4 aromatic rings. The Bertz CT molecular complexity index is 1390. The van der Waals surface area contributed by atoms with E-state index in [0.717, 1.165) is 47.9 Å². The summed E-state index contributed by atoms with van der Waals surface area (Å²) in [5, 5.41) is 3.85. The Labute approximate surface area is 216 Å². The fourth-order valence-corrected chi connectivity index (χ4v) is 5.13. The molecule has 0 spiro atoms. The minimum atomic E-state index is -0.204. The van der Waals surface area contributed by atoms with Gasteiger partial charge < -0.3 is 5.32 Å². The van der Waals surface area contributed by atoms with Gasteiger partial charge in [-0.25, -0.2) is 0 Å². The zero-order valence-corrected chi connectivity index (χ0v) is 20.9. The number of benzene rings is 3. The third-order valence-electron chi connectivity index (χ3n) is 6.87. The van der Waals surface area contributed by atoms with E-state index in [1.54, 1.807) is 16.7 Å². The predicted octanol–water partition coefficient (Wildman–Crippen LogP) is 6.95. The van der Waals surface area contributed by atoms with Crippen LogP contribution in [0.1, 0.15) is 48.2 Å². The molecule has 1 aliphatic rings. The number of hydrogen-bond donors (Lipinski definition) is 1. The molecule has 1 fully saturated rings. The first-order valence-electron chi connectivity index (χ1n) is 12.5. The molecule has 1 aliphatic carbocycles. The molecular weight excluding hydrogens is 468 g/mol. The lowest BCUT2D eigenvalue weighted by Gasteiger charge is -2.24. The minimum absolute atomic E-state index is 0.138. The molecule has 0 unspecified atom stereocenters. The van der Waals surface area contributed by atoms with Crippen LogP contribution in [0.4, 0.5) is 0 Å². The van der Waals surface area contributed by atoms with Crippen LogP contribution in [0.15, 0.2) is 95.8 Å². The summed E-state index contributed by atoms with van der Waals surface area (Å²) < 4.78 is 1.61. The molecule has 0 bridgehead atoms. The molecule has 4 nitrogen and oxygen atoms in total. The first kappa shape index (κ1) is 24.1. The summed E-state index contributed by atoms with van der Waals surface area (Å²) in [6, 6.07) is 28.9. The summed E-state index contributed by atoms with van der Waals surface area (Å²) in [6.07, 6.45) is 5.38. The molecule has 5 heteroatoms. The molecule has 182 valence electrons. The third kappa shape index (κ3) is 5.29. The number of halogens is 1. The Hall–Kier alpha value is -3.63. The van der Waals surface area contributed by atoms with Gasteiger partial charge in [0, 0.05) is 11.1 Å². The third-order valence-corrected chi connectivity index (χ3v) is 7.13. The fraction of sp³-hybridized carbons (Fsp3) is 0.226. The van der Waals surface area contributed by atoms with Crippen LogP contribution >= 0.6 is 11.6 Å². The maximum absolute atomic E-state index is 14.2. The number of nitrogens with one attached hydrogen (secondary N) is 1. The largest absolute Gasteiger partial charge is 0.348 e. The number of pyridine rings is 1. The normalized spacial score (nSPS) is 13.9. The second kappa shape index (κ2) is 11.0. The Morgan fingerprint density at radius 1 is 0.833 bits per heavy atom. The molecule has 1 N–H and O–H groups in total. The van der Waals surface area contributed by atoms with Crippen LogP contribution < -0.4 is 10.9 Å². The summed E-state index contributed by atoms with van der Waals surface area (Å²) in [5.74, 6) is -0.204. The van der Waals surface area contributed by atoms with Gasteiger partial charge in [0.2, 0.25) is 0 Å². The Balaban J connectivity index is 1.69. The van der Waals surface area contributed by atoms with E-state index < -0.39 is 0 Å². The van der Waals surface area contributed by atoms with E-state index in [1.165, 1.54) is 6.42 Å². The first-order valence-corrected chi connectivity index (χ1v) is 12.9. The highest BCUT2D eigenvalue weighted by Crippen LogP contribution is 2.31. The van der Waals surface area contributed by atoms with E-state index in [9.17, 15) is 9.59 Å². The number of aromatic nitrogens is 1. The van der Waals surface area contributed by atoms with Gasteiger partial charge in [0.1, 0.15) is 5.69 Å². The highest BCUT2D eigenvalue weighted by atomic mass is 35.5. The maximum Gasteiger partial charge on any atom is 0.268 e. The van der Waals surface area contributed by atoms with Gasteiger partial charge >= 0.3 is 0 Å². The molecule has 0 saturated heterocycles. The van der Waals surface area contributed by atoms with Crippen molar-refractivity contribution in [2.45, 2.75) is 44.7 Å². The first-order chi connectivity index (χ1) is 17.6. The minimum Gasteiger partial charge on any atom is -0.348 e. The molecule has 1 heterocycles. The van der Waals surface area contributed by atoms with Crippen LogP contribution in [-0.4, -0.2) is 16.5 Å². The fourth-order valence-electron chi connectivity index (χ4n) is 5.00. The standard InChI is InChI=1S/C31H29ClN2O2/c32-25-18-16-22(17-19-25)21-34-28(30(35)33-26-14-8-3-9-15-26)20-27(23-10-4-1-5-11-23)29(31(34)36)24-12-6-2-7-13-24/h1-2,4-7,10-13,16-20,26H,3,8-9,14-15,21H2,(H,33,35). The Kier molecular flexibility index (Phi) is 7.33. The van der Waals surface area contributed by atoms with E-state index in [1.807, 2.05) is 78.9 Å². The van der Waals surface area contributed by atoms with Crippen LogP contribution in [0, 0.1) is 0 Å². The van der Waals surface area contributed by atoms with Crippen LogP contribution in [-0.2, 0) is 6.54 Å². The lowest BCUT2D eigenvalue weighted by atomic mass is 9.94. The molecule has 0 aliphatic heterocycles. The van der Waals surface area contributed by atoms with Gasteiger partial charge in [-0.15, -0.1) is 0 Å². The van der Waals surface area contributed by atoms with Crippen molar-refractivity contribution in [2.75, 3.05) is 0 Å². The summed E-state index contributed by atoms with van der Waals surface area (Å²) in [6.45, 7) is 0.276. The number of carbonyl (C=O) groups excluding carboxylic acids is 1. The zero-order valence-electron chi connectivity index (χ0n) is 20.1. The molecule has 5 rings (SSSR count). The highest BCUT2D eigenvalue weighted by Gasteiger charge is 2.24. The molecule has 0 atom stereocenters. The quantitative estimate of drug-likeness (QED) is 0.314. The van der Waals surface area contributed by atoms with Gasteiger partial charge in [0.25, 0.3) is 11.5 Å². The number of nitrogens with zero attached hydrogens (tertiary/aromatic N) is 1. The van der Waals surface area contributed by atoms with E-state index in [0.29, 0.717) is 16.3 Å². The van der Waals surface area contributed by atoms with Crippen molar-refractivity contribution >= 4 is 17.5 Å². The molecular formula is C31H29ClN2O2. The van der Waals surface area contributed by atoms with Crippen molar-refractivity contribution < 1.29 is 4.79 Å². The maximum atomic E-state index is 14.2. The molecule has 1 aromatic heterocycles. The van der Waals surface area contributed by atoms with E-state index >= 15 is 0 Å². The topological polar surface area (TPSA) is 51.1 Å². The second-order valence-corrected chi connectivity index (χ2v) is 9.81. The van der Waals surface area contributed by atoms with Gasteiger partial charge in [0.05, 0.1) is 12.1 Å². The van der Waals surface area contributed by atoms with Gasteiger partial charge in [-0.05, 0) is 53.3 Å². The average molecular weight is 497 g/mol. The van der Waals surface area contributed by atoms with Crippen molar-refractivity contribution in [1.82, 2.24) is 9.88 Å². The van der Waals surface area contributed by atoms with Crippen LogP contribution in [0.2, 0.25) is 5.02 Å². The second-order valence-electron chi connectivity index (χ2n) is 9.38. The molecule has 36 heavy (non-hydrogen) atoms. The average Bonchev–Trinajstić information content (AvgIpc) is 2.92. The van der Waals surface area contributed by atoms with Crippen molar-refractivity contribution in [3.8, 4) is 22.3 Å². The van der Waals surface area contributed by atoms with Gasteiger partial charge in [0.15, 0.2) is 0 Å². The summed E-state index contributed by atoms with van der Waals surface area (Å²) in [7, 11) is 0. The molecule has 0 radical (unpaired) electrons. The van der Waals surface area contributed by atoms with E-state index in [2.05, 4.69) is 5.32 Å². The van der Waals surface area contributed by atoms with Gasteiger partial charge in [-0.1, -0.05) is 104 Å². The van der Waals surface area contributed by atoms with Crippen molar-refractivity contribution in [1.29, 1.82) is 0 Å². The molecule has 1 amide bonds. The summed E-state index contributed by atoms with van der Waals surface area (Å²) in [5.41, 5.74) is 4.16. The van der Waals surface area contributed by atoms with Crippen LogP contribution in [0.25, 0.3) is 22.3 Å². The van der Waals surface area contributed by atoms with Crippen molar-refractivity contribution in [3.63, 3.8) is 0 Å². The monoisotopic (exact) mass is 496 g/mol. The van der Waals surface area contributed by atoms with Crippen LogP contribution in [0.3, 0.4) is 0 Å². The Morgan fingerprint density at radius 3 is 2.08 bits per heavy atom. The number of carbonyl (C=O) groups is 1. The summed E-state index contributed by atoms with van der Waals surface area (Å²) in [4.78, 5) is 27.9. The van der Waals surface area contributed by atoms with Gasteiger partial charge in [-0.3, -0.25) is 14.2 Å². The van der Waals surface area contributed by atoms with Crippen molar-refractivity contribution in [3.05, 3.63) is 118 Å². The number of amides is 1.